The van der Waals surface area contributed by atoms with Gasteiger partial charge in [0.15, 0.2) is 0 Å². The molecule has 0 aliphatic heterocycles. The molecule has 1 unspecified atom stereocenters. The van der Waals surface area contributed by atoms with Crippen molar-refractivity contribution in [1.82, 2.24) is 0 Å². The number of non-ortho nitro benzene ring substituents is 1. The van der Waals surface area contributed by atoms with Gasteiger partial charge in [-0.25, -0.2) is 0 Å². The number of nitrogen functional groups attached to an aromatic ring is 1. The number of hydrogen-bond acceptors (Lipinski definition) is 6. The van der Waals surface area contributed by atoms with Crippen molar-refractivity contribution in [2.75, 3.05) is 10.7 Å². The van der Waals surface area contributed by atoms with E-state index < -0.39 is 4.92 Å². The summed E-state index contributed by atoms with van der Waals surface area (Å²) in [4.78, 5) is 10.4. The first kappa shape index (κ1) is 13.9. The van der Waals surface area contributed by atoms with Gasteiger partial charge in [-0.2, -0.15) is 0 Å². The van der Waals surface area contributed by atoms with Crippen LogP contribution in [0.2, 0.25) is 0 Å². The van der Waals surface area contributed by atoms with Gasteiger partial charge in [-0.1, -0.05) is 0 Å². The Morgan fingerprint density at radius 3 is 2.55 bits per heavy atom. The molecule has 2 aromatic rings. The summed E-state index contributed by atoms with van der Waals surface area (Å²) in [6.07, 6.45) is 0. The number of hydrazine groups is 1. The van der Waals surface area contributed by atoms with Crippen molar-refractivity contribution in [3.05, 3.63) is 52.0 Å². The van der Waals surface area contributed by atoms with Crippen LogP contribution in [0.15, 0.2) is 34.7 Å². The van der Waals surface area contributed by atoms with Crippen molar-refractivity contribution >= 4 is 17.1 Å². The maximum atomic E-state index is 10.9. The zero-order valence-electron chi connectivity index (χ0n) is 11.2. The lowest BCUT2D eigenvalue weighted by Crippen LogP contribution is -2.09. The predicted octanol–water partition coefficient (Wildman–Crippen LogP) is 2.95. The fourth-order valence-corrected chi connectivity index (χ4v) is 1.89. The van der Waals surface area contributed by atoms with Gasteiger partial charge in [0.1, 0.15) is 11.5 Å². The van der Waals surface area contributed by atoms with Crippen LogP contribution in [0.3, 0.4) is 0 Å². The molecule has 0 bridgehead atoms. The number of benzene rings is 1. The number of nitrogens with one attached hydrogen (secondary N) is 2. The third-order valence-corrected chi connectivity index (χ3v) is 2.87. The van der Waals surface area contributed by atoms with Crippen molar-refractivity contribution in [2.45, 2.75) is 19.9 Å². The van der Waals surface area contributed by atoms with Gasteiger partial charge in [-0.05, 0) is 32.0 Å². The van der Waals surface area contributed by atoms with E-state index in [4.69, 9.17) is 10.3 Å². The van der Waals surface area contributed by atoms with Crippen LogP contribution in [0.25, 0.3) is 0 Å². The summed E-state index contributed by atoms with van der Waals surface area (Å²) in [5.74, 6) is 6.89. The molecule has 0 spiro atoms. The third-order valence-electron chi connectivity index (χ3n) is 2.87. The predicted molar refractivity (Wildman–Crippen MR) is 76.4 cm³/mol. The topological polar surface area (TPSA) is 106 Å². The zero-order valence-corrected chi connectivity index (χ0v) is 11.2. The molecule has 7 nitrogen and oxygen atoms in total. The molecule has 1 aromatic carbocycles. The Bertz CT molecular complexity index is 624. The highest BCUT2D eigenvalue weighted by Gasteiger charge is 2.13. The van der Waals surface area contributed by atoms with Crippen molar-refractivity contribution in [3.63, 3.8) is 0 Å². The Kier molecular flexibility index (Phi) is 3.90. The second kappa shape index (κ2) is 5.62. The Hall–Kier alpha value is -2.54. The maximum Gasteiger partial charge on any atom is 0.273 e. The molecule has 0 aliphatic rings. The fourth-order valence-electron chi connectivity index (χ4n) is 1.89. The molecular formula is C13H16N4O3. The average molecular weight is 276 g/mol. The molecule has 7 heteroatoms. The number of hydrogen-bond donors (Lipinski definition) is 3. The largest absolute Gasteiger partial charge is 0.464 e. The van der Waals surface area contributed by atoms with Crippen molar-refractivity contribution < 1.29 is 9.34 Å². The summed E-state index contributed by atoms with van der Waals surface area (Å²) in [5, 5.41) is 14.0. The molecule has 20 heavy (non-hydrogen) atoms. The van der Waals surface area contributed by atoms with E-state index in [1.165, 1.54) is 12.1 Å². The van der Waals surface area contributed by atoms with Crippen LogP contribution in [0.1, 0.15) is 24.5 Å². The Morgan fingerprint density at radius 1 is 1.30 bits per heavy atom. The molecule has 1 heterocycles. The molecule has 1 atom stereocenters. The first-order chi connectivity index (χ1) is 9.49. The van der Waals surface area contributed by atoms with Gasteiger partial charge in [0, 0.05) is 17.8 Å². The van der Waals surface area contributed by atoms with Gasteiger partial charge in [0.2, 0.25) is 0 Å². The van der Waals surface area contributed by atoms with Gasteiger partial charge in [0.25, 0.3) is 5.69 Å². The van der Waals surface area contributed by atoms with Crippen molar-refractivity contribution in [3.8, 4) is 0 Å². The van der Waals surface area contributed by atoms with E-state index in [0.29, 0.717) is 11.4 Å². The van der Waals surface area contributed by atoms with Crippen LogP contribution < -0.4 is 16.6 Å². The van der Waals surface area contributed by atoms with Gasteiger partial charge in [-0.3, -0.25) is 16.0 Å². The summed E-state index contributed by atoms with van der Waals surface area (Å²) >= 11 is 0. The highest BCUT2D eigenvalue weighted by Crippen LogP contribution is 2.27. The molecule has 0 fully saturated rings. The van der Waals surface area contributed by atoms with E-state index in [1.54, 1.807) is 6.07 Å². The van der Waals surface area contributed by atoms with E-state index >= 15 is 0 Å². The highest BCUT2D eigenvalue weighted by molar-refractivity contribution is 5.63. The number of rotatable bonds is 5. The van der Waals surface area contributed by atoms with Crippen LogP contribution >= 0.6 is 0 Å². The van der Waals surface area contributed by atoms with Crippen LogP contribution in [0, 0.1) is 17.0 Å². The molecular weight excluding hydrogens is 260 g/mol. The second-order valence-electron chi connectivity index (χ2n) is 4.48. The van der Waals surface area contributed by atoms with Gasteiger partial charge < -0.3 is 15.2 Å². The van der Waals surface area contributed by atoms with Crippen LogP contribution in [-0.4, -0.2) is 4.92 Å². The summed E-state index contributed by atoms with van der Waals surface area (Å²) in [5.41, 5.74) is 3.43. The van der Waals surface area contributed by atoms with E-state index in [0.717, 1.165) is 11.5 Å². The highest BCUT2D eigenvalue weighted by atomic mass is 16.6. The van der Waals surface area contributed by atoms with Crippen LogP contribution in [0.5, 0.6) is 0 Å². The van der Waals surface area contributed by atoms with Crippen LogP contribution in [-0.2, 0) is 0 Å². The van der Waals surface area contributed by atoms with Gasteiger partial charge in [0.05, 0.1) is 16.7 Å². The Labute approximate surface area is 115 Å². The minimum Gasteiger partial charge on any atom is -0.464 e. The van der Waals surface area contributed by atoms with E-state index in [-0.39, 0.29) is 11.7 Å². The normalized spacial score (nSPS) is 11.9. The number of aryl methyl sites for hydroxylation is 1. The van der Waals surface area contributed by atoms with Gasteiger partial charge >= 0.3 is 0 Å². The van der Waals surface area contributed by atoms with E-state index in [2.05, 4.69) is 10.7 Å². The molecule has 0 amide bonds. The number of anilines is 2. The quantitative estimate of drug-likeness (QED) is 0.440. The lowest BCUT2D eigenvalue weighted by atomic mass is 10.2. The molecule has 1 aromatic heterocycles. The summed E-state index contributed by atoms with van der Waals surface area (Å²) in [6.45, 7) is 3.77. The lowest BCUT2D eigenvalue weighted by molar-refractivity contribution is -0.384. The van der Waals surface area contributed by atoms with E-state index in [1.807, 2.05) is 26.0 Å². The number of nitrogens with zero attached hydrogens (tertiary/aromatic N) is 1. The lowest BCUT2D eigenvalue weighted by Gasteiger charge is -2.14. The number of nitro groups is 1. The van der Waals surface area contributed by atoms with Crippen molar-refractivity contribution in [2.24, 2.45) is 5.84 Å². The first-order valence-electron chi connectivity index (χ1n) is 6.08. The fraction of sp³-hybridized carbons (Fsp3) is 0.231. The summed E-state index contributed by atoms with van der Waals surface area (Å²) in [6, 6.07) is 8.14. The first-order valence-corrected chi connectivity index (χ1v) is 6.08. The molecule has 106 valence electrons. The summed E-state index contributed by atoms with van der Waals surface area (Å²) in [7, 11) is 0. The van der Waals surface area contributed by atoms with Gasteiger partial charge in [-0.15, -0.1) is 0 Å². The minimum atomic E-state index is -0.465. The molecule has 0 saturated carbocycles. The SMILES string of the molecule is Cc1ccc(C(C)Nc2cc(NN)cc([N+](=O)[O-])c2)o1. The number of nitro benzene ring substituents is 1. The number of nitrogens with two attached hydrogens (primary N) is 1. The third kappa shape index (κ3) is 3.07. The minimum absolute atomic E-state index is 0.0363. The van der Waals surface area contributed by atoms with Crippen molar-refractivity contribution in [1.29, 1.82) is 0 Å². The molecule has 0 radical (unpaired) electrons. The Balaban J connectivity index is 2.24. The molecule has 0 aliphatic carbocycles. The maximum absolute atomic E-state index is 10.9. The zero-order chi connectivity index (χ0) is 14.7. The average Bonchev–Trinajstić information content (AvgIpc) is 2.85. The monoisotopic (exact) mass is 276 g/mol. The summed E-state index contributed by atoms with van der Waals surface area (Å²) < 4.78 is 5.52. The molecule has 0 saturated heterocycles. The molecule has 2 rings (SSSR count). The van der Waals surface area contributed by atoms with Crippen LogP contribution in [0.4, 0.5) is 17.1 Å². The smallest absolute Gasteiger partial charge is 0.273 e. The second-order valence-corrected chi connectivity index (χ2v) is 4.48. The standard InChI is InChI=1S/C13H16N4O3/c1-8-3-4-13(20-8)9(2)15-10-5-11(16-14)7-12(6-10)17(18)19/h3-7,9,15-16H,14H2,1-2H3. The number of furan rings is 1. The molecule has 4 N–H and O–H groups in total. The Morgan fingerprint density at radius 2 is 2.00 bits per heavy atom. The van der Waals surface area contributed by atoms with E-state index in [9.17, 15) is 10.1 Å².